The highest BCUT2D eigenvalue weighted by Crippen LogP contribution is 2.34. The first-order valence-corrected chi connectivity index (χ1v) is 12.8. The van der Waals surface area contributed by atoms with Gasteiger partial charge < -0.3 is 5.32 Å². The van der Waals surface area contributed by atoms with E-state index in [4.69, 9.17) is 4.98 Å². The largest absolute Gasteiger partial charge is 0.325 e. The summed E-state index contributed by atoms with van der Waals surface area (Å²) in [6.07, 6.45) is 3.76. The molecule has 0 bridgehead atoms. The van der Waals surface area contributed by atoms with Gasteiger partial charge in [-0.05, 0) is 43.9 Å². The molecular weight excluding hydrogens is 454 g/mol. The Kier molecular flexibility index (Phi) is 5.76. The molecule has 5 rings (SSSR count). The molecule has 0 aliphatic carbocycles. The van der Waals surface area contributed by atoms with Gasteiger partial charge in [0.05, 0.1) is 23.6 Å². The summed E-state index contributed by atoms with van der Waals surface area (Å²) >= 11 is 3.08. The van der Waals surface area contributed by atoms with E-state index >= 15 is 0 Å². The topological polar surface area (TPSA) is 81.8 Å². The highest BCUT2D eigenvalue weighted by atomic mass is 32.2. The fourth-order valence-corrected chi connectivity index (χ4v) is 5.85. The van der Waals surface area contributed by atoms with Crippen LogP contribution in [0.15, 0.2) is 63.5 Å². The SMILES string of the molecule is CSc1ccccc1NC(=O)CC1CSc2nc3c(cnn3-c3ccc(C)cc3C)c(=O)n21. The minimum atomic E-state index is -0.250. The molecule has 0 saturated carbocycles. The van der Waals surface area contributed by atoms with Gasteiger partial charge in [0, 0.05) is 17.1 Å². The Balaban J connectivity index is 1.46. The van der Waals surface area contributed by atoms with Gasteiger partial charge in [0.2, 0.25) is 5.91 Å². The molecule has 0 radical (unpaired) electrons. The minimum Gasteiger partial charge on any atom is -0.325 e. The second kappa shape index (κ2) is 8.72. The van der Waals surface area contributed by atoms with Crippen molar-refractivity contribution in [1.29, 1.82) is 0 Å². The van der Waals surface area contributed by atoms with Crippen molar-refractivity contribution in [2.45, 2.75) is 36.4 Å². The van der Waals surface area contributed by atoms with E-state index in [1.54, 1.807) is 27.2 Å². The van der Waals surface area contributed by atoms with E-state index in [-0.39, 0.29) is 23.9 Å². The van der Waals surface area contributed by atoms with Crippen molar-refractivity contribution in [2.75, 3.05) is 17.3 Å². The molecule has 168 valence electrons. The molecule has 7 nitrogen and oxygen atoms in total. The molecule has 2 aromatic heterocycles. The molecule has 2 aromatic carbocycles. The van der Waals surface area contributed by atoms with Gasteiger partial charge in [0.15, 0.2) is 10.8 Å². The monoisotopic (exact) mass is 477 g/mol. The number of anilines is 1. The number of hydrogen-bond donors (Lipinski definition) is 1. The highest BCUT2D eigenvalue weighted by molar-refractivity contribution is 7.99. The first-order valence-electron chi connectivity index (χ1n) is 10.6. The van der Waals surface area contributed by atoms with E-state index in [0.29, 0.717) is 21.9 Å². The number of benzene rings is 2. The predicted molar refractivity (Wildman–Crippen MR) is 134 cm³/mol. The molecule has 0 spiro atoms. The molecule has 33 heavy (non-hydrogen) atoms. The van der Waals surface area contributed by atoms with Crippen molar-refractivity contribution in [2.24, 2.45) is 0 Å². The summed E-state index contributed by atoms with van der Waals surface area (Å²) in [6, 6.07) is 13.6. The molecule has 1 amide bonds. The smallest absolute Gasteiger partial charge is 0.265 e. The Bertz CT molecular complexity index is 1440. The lowest BCUT2D eigenvalue weighted by atomic mass is 10.1. The van der Waals surface area contributed by atoms with Crippen LogP contribution in [0, 0.1) is 13.8 Å². The van der Waals surface area contributed by atoms with Crippen LogP contribution in [0.1, 0.15) is 23.6 Å². The van der Waals surface area contributed by atoms with Crippen LogP contribution in [-0.2, 0) is 4.79 Å². The van der Waals surface area contributed by atoms with Gasteiger partial charge in [-0.25, -0.2) is 9.67 Å². The van der Waals surface area contributed by atoms with Gasteiger partial charge in [-0.3, -0.25) is 14.2 Å². The molecule has 1 atom stereocenters. The van der Waals surface area contributed by atoms with E-state index in [2.05, 4.69) is 16.5 Å². The molecule has 9 heteroatoms. The molecular formula is C24H23N5O2S2. The minimum absolute atomic E-state index is 0.118. The van der Waals surface area contributed by atoms with Crippen molar-refractivity contribution in [3.05, 3.63) is 70.1 Å². The summed E-state index contributed by atoms with van der Waals surface area (Å²) < 4.78 is 3.38. The number of carbonyl (C=O) groups is 1. The molecule has 1 aliphatic heterocycles. The lowest BCUT2D eigenvalue weighted by Gasteiger charge is -2.14. The number of amides is 1. The quantitative estimate of drug-likeness (QED) is 0.334. The van der Waals surface area contributed by atoms with Gasteiger partial charge in [-0.1, -0.05) is 41.6 Å². The number of aryl methyl sites for hydroxylation is 2. The maximum absolute atomic E-state index is 13.4. The summed E-state index contributed by atoms with van der Waals surface area (Å²) in [5.74, 6) is 0.511. The summed E-state index contributed by atoms with van der Waals surface area (Å²) in [5, 5.41) is 8.54. The zero-order valence-electron chi connectivity index (χ0n) is 18.5. The third kappa shape index (κ3) is 3.95. The predicted octanol–water partition coefficient (Wildman–Crippen LogP) is 4.60. The highest BCUT2D eigenvalue weighted by Gasteiger charge is 2.30. The number of rotatable bonds is 5. The Morgan fingerprint density at radius 2 is 2.06 bits per heavy atom. The summed E-state index contributed by atoms with van der Waals surface area (Å²) in [7, 11) is 0. The number of fused-ring (bicyclic) bond motifs is 2. The summed E-state index contributed by atoms with van der Waals surface area (Å²) in [4.78, 5) is 32.0. The van der Waals surface area contributed by atoms with Crippen molar-refractivity contribution < 1.29 is 4.79 Å². The lowest BCUT2D eigenvalue weighted by Crippen LogP contribution is -2.27. The van der Waals surface area contributed by atoms with E-state index in [9.17, 15) is 9.59 Å². The maximum Gasteiger partial charge on any atom is 0.265 e. The van der Waals surface area contributed by atoms with Crippen molar-refractivity contribution >= 4 is 46.2 Å². The van der Waals surface area contributed by atoms with Crippen LogP contribution in [0.4, 0.5) is 5.69 Å². The zero-order chi connectivity index (χ0) is 23.1. The molecule has 4 aromatic rings. The van der Waals surface area contributed by atoms with Crippen molar-refractivity contribution in [1.82, 2.24) is 19.3 Å². The van der Waals surface area contributed by atoms with Crippen molar-refractivity contribution in [3.8, 4) is 5.69 Å². The van der Waals surface area contributed by atoms with Gasteiger partial charge >= 0.3 is 0 Å². The standard InChI is InChI=1S/C24H23N5O2S2/c1-14-8-9-19(15(2)10-14)29-22-17(12-25-29)23(31)28-16(13-33-24(28)27-22)11-21(30)26-18-6-4-5-7-20(18)32-3/h4-10,12,16H,11,13H2,1-3H3,(H,26,30). The molecule has 3 heterocycles. The molecule has 1 aliphatic rings. The second-order valence-electron chi connectivity index (χ2n) is 8.07. The Morgan fingerprint density at radius 3 is 2.85 bits per heavy atom. The number of para-hydroxylation sites is 1. The number of nitrogens with zero attached hydrogens (tertiary/aromatic N) is 4. The van der Waals surface area contributed by atoms with Gasteiger partial charge in [0.1, 0.15) is 5.39 Å². The Morgan fingerprint density at radius 1 is 1.24 bits per heavy atom. The van der Waals surface area contributed by atoms with Crippen LogP contribution in [0.3, 0.4) is 0 Å². The van der Waals surface area contributed by atoms with Crippen LogP contribution in [-0.4, -0.2) is 37.2 Å². The number of thioether (sulfide) groups is 2. The first-order chi connectivity index (χ1) is 16.0. The fraction of sp³-hybridized carbons (Fsp3) is 0.250. The second-order valence-corrected chi connectivity index (χ2v) is 9.91. The maximum atomic E-state index is 13.4. The summed E-state index contributed by atoms with van der Waals surface area (Å²) in [6.45, 7) is 4.07. The molecule has 1 unspecified atom stereocenters. The Hall–Kier alpha value is -3.04. The number of hydrogen-bond acceptors (Lipinski definition) is 6. The number of aromatic nitrogens is 4. The van der Waals surface area contributed by atoms with E-state index in [1.165, 1.54) is 17.3 Å². The fourth-order valence-electron chi connectivity index (χ4n) is 4.16. The average Bonchev–Trinajstić information content (AvgIpc) is 3.39. The Labute approximate surface area is 199 Å². The van der Waals surface area contributed by atoms with E-state index in [0.717, 1.165) is 21.8 Å². The van der Waals surface area contributed by atoms with Crippen LogP contribution >= 0.6 is 23.5 Å². The average molecular weight is 478 g/mol. The van der Waals surface area contributed by atoms with Gasteiger partial charge in [0.25, 0.3) is 5.56 Å². The normalized spacial score (nSPS) is 15.1. The van der Waals surface area contributed by atoms with Crippen molar-refractivity contribution in [3.63, 3.8) is 0 Å². The third-order valence-electron chi connectivity index (χ3n) is 5.75. The number of nitrogens with one attached hydrogen (secondary N) is 1. The van der Waals surface area contributed by atoms with Crippen LogP contribution in [0.5, 0.6) is 0 Å². The van der Waals surface area contributed by atoms with Crippen LogP contribution in [0.25, 0.3) is 16.7 Å². The van der Waals surface area contributed by atoms with E-state index in [1.807, 2.05) is 56.5 Å². The third-order valence-corrected chi connectivity index (χ3v) is 7.65. The van der Waals surface area contributed by atoms with Crippen LogP contribution < -0.4 is 10.9 Å². The molecule has 0 saturated heterocycles. The first kappa shape index (κ1) is 21.8. The van der Waals surface area contributed by atoms with Gasteiger partial charge in [-0.2, -0.15) is 5.10 Å². The zero-order valence-corrected chi connectivity index (χ0v) is 20.2. The lowest BCUT2D eigenvalue weighted by molar-refractivity contribution is -0.116. The van der Waals surface area contributed by atoms with E-state index < -0.39 is 0 Å². The molecule has 1 N–H and O–H groups in total. The van der Waals surface area contributed by atoms with Gasteiger partial charge in [-0.15, -0.1) is 11.8 Å². The molecule has 0 fully saturated rings. The summed E-state index contributed by atoms with van der Waals surface area (Å²) in [5.41, 5.74) is 4.31. The number of carbonyl (C=O) groups excluding carboxylic acids is 1. The van der Waals surface area contributed by atoms with Crippen LogP contribution in [0.2, 0.25) is 0 Å².